The molecule has 0 aliphatic rings. The average molecular weight is 552 g/mol. The number of hydrogen-bond donors (Lipinski definition) is 0. The van der Waals surface area contributed by atoms with Crippen LogP contribution in [0.1, 0.15) is 70.7 Å². The number of methoxy groups -OCH3 is 1. The fraction of sp³-hybridized carbons (Fsp3) is 0.314. The van der Waals surface area contributed by atoms with Gasteiger partial charge in [-0.25, -0.2) is 9.78 Å². The van der Waals surface area contributed by atoms with Gasteiger partial charge in [0, 0.05) is 17.0 Å². The van der Waals surface area contributed by atoms with Crippen molar-refractivity contribution < 1.29 is 14.0 Å². The van der Waals surface area contributed by atoms with Crippen molar-refractivity contribution in [3.8, 4) is 0 Å². The summed E-state index contributed by atoms with van der Waals surface area (Å²) in [5, 5.41) is 3.46. The number of fused-ring (bicyclic) bond motifs is 1. The zero-order valence-electron chi connectivity index (χ0n) is 24.4. The Balaban J connectivity index is 1.91. The van der Waals surface area contributed by atoms with E-state index < -0.39 is 14.3 Å². The maximum Gasteiger partial charge on any atom is 0.330 e. The number of esters is 1. The first-order chi connectivity index (χ1) is 19.3. The summed E-state index contributed by atoms with van der Waals surface area (Å²) in [7, 11) is -1.42. The number of nitrogens with zero attached hydrogens (tertiary/aromatic N) is 1. The van der Waals surface area contributed by atoms with Gasteiger partial charge in [-0.15, -0.1) is 0 Å². The molecular weight excluding hydrogens is 510 g/mol. The van der Waals surface area contributed by atoms with E-state index >= 15 is 0 Å². The van der Waals surface area contributed by atoms with E-state index in [1.807, 2.05) is 6.07 Å². The molecule has 0 aliphatic carbocycles. The molecule has 3 aromatic carbocycles. The number of benzene rings is 3. The number of carbonyl (C=O) groups is 1. The molecule has 0 saturated heterocycles. The molecule has 1 aromatic heterocycles. The predicted octanol–water partition coefficient (Wildman–Crippen LogP) is 7.62. The smallest absolute Gasteiger partial charge is 0.330 e. The van der Waals surface area contributed by atoms with E-state index in [9.17, 15) is 4.79 Å². The molecule has 0 bridgehead atoms. The largest absolute Gasteiger partial charge is 0.466 e. The van der Waals surface area contributed by atoms with Crippen LogP contribution >= 0.6 is 0 Å². The molecule has 5 heteroatoms. The summed E-state index contributed by atoms with van der Waals surface area (Å²) in [4.78, 5) is 16.7. The van der Waals surface area contributed by atoms with Crippen LogP contribution in [0.15, 0.2) is 97.1 Å². The average Bonchev–Trinajstić information content (AvgIpc) is 2.97. The molecular formula is C35H41NO3Si. The second kappa shape index (κ2) is 13.2. The van der Waals surface area contributed by atoms with Gasteiger partial charge in [-0.05, 0) is 34.0 Å². The summed E-state index contributed by atoms with van der Waals surface area (Å²) in [5.41, 5.74) is 2.71. The van der Waals surface area contributed by atoms with Crippen LogP contribution in [0, 0.1) is 0 Å². The number of ether oxygens (including phenoxy) is 1. The second-order valence-electron chi connectivity index (χ2n) is 11.3. The number of rotatable bonds is 11. The van der Waals surface area contributed by atoms with Crippen LogP contribution in [0.25, 0.3) is 17.0 Å². The first-order valence-corrected chi connectivity index (χ1v) is 16.2. The SMILES string of the molecule is CCCCCC(O[Si](c1ccccc1)(c1ccccc1)C(C)(C)C)c1cccc2ccc(/C=C/C(=O)OC)nc12. The predicted molar refractivity (Wildman–Crippen MR) is 168 cm³/mol. The highest BCUT2D eigenvalue weighted by molar-refractivity contribution is 6.99. The van der Waals surface area contributed by atoms with Crippen LogP contribution in [0.3, 0.4) is 0 Å². The lowest BCUT2D eigenvalue weighted by molar-refractivity contribution is -0.134. The molecule has 0 radical (unpaired) electrons. The van der Waals surface area contributed by atoms with Crippen molar-refractivity contribution in [1.29, 1.82) is 0 Å². The summed E-state index contributed by atoms with van der Waals surface area (Å²) in [5.74, 6) is -0.400. The molecule has 1 atom stereocenters. The van der Waals surface area contributed by atoms with E-state index in [2.05, 4.69) is 113 Å². The number of hydrogen-bond acceptors (Lipinski definition) is 4. The highest BCUT2D eigenvalue weighted by Gasteiger charge is 2.51. The number of aromatic nitrogens is 1. The summed E-state index contributed by atoms with van der Waals surface area (Å²) < 4.78 is 12.5. The molecule has 4 rings (SSSR count). The number of pyridine rings is 1. The van der Waals surface area contributed by atoms with Crippen molar-refractivity contribution in [2.75, 3.05) is 7.11 Å². The van der Waals surface area contributed by atoms with E-state index in [1.54, 1.807) is 6.08 Å². The van der Waals surface area contributed by atoms with Crippen LogP contribution in [-0.2, 0) is 14.0 Å². The van der Waals surface area contributed by atoms with Crippen molar-refractivity contribution in [1.82, 2.24) is 4.98 Å². The van der Waals surface area contributed by atoms with Gasteiger partial charge in [-0.2, -0.15) is 0 Å². The lowest BCUT2D eigenvalue weighted by Gasteiger charge is -2.45. The number of para-hydroxylation sites is 1. The van der Waals surface area contributed by atoms with Crippen LogP contribution < -0.4 is 10.4 Å². The zero-order valence-corrected chi connectivity index (χ0v) is 25.4. The molecule has 4 aromatic rings. The molecule has 0 amide bonds. The highest BCUT2D eigenvalue weighted by atomic mass is 28.4. The Labute approximate surface area is 240 Å². The number of unbranched alkanes of at least 4 members (excludes halogenated alkanes) is 2. The maximum absolute atomic E-state index is 11.7. The minimum absolute atomic E-state index is 0.134. The van der Waals surface area contributed by atoms with Crippen LogP contribution in [0.5, 0.6) is 0 Å². The summed E-state index contributed by atoms with van der Waals surface area (Å²) in [6.07, 6.45) is 7.23. The van der Waals surface area contributed by atoms with Crippen molar-refractivity contribution in [2.45, 2.75) is 64.5 Å². The standard InChI is InChI=1S/C35H41NO3Si/c1-6-7-10-22-32(31-21-15-16-27-23-24-28(36-34(27)31)25-26-33(37)38-5)39-40(35(2,3)4,29-17-11-8-12-18-29)30-19-13-9-14-20-30/h8-9,11-21,23-26,32H,6-7,10,22H2,1-5H3/b26-25+. The van der Waals surface area contributed by atoms with Gasteiger partial charge in [-0.3, -0.25) is 0 Å². The van der Waals surface area contributed by atoms with Gasteiger partial charge in [-0.1, -0.05) is 132 Å². The van der Waals surface area contributed by atoms with Crippen LogP contribution in [-0.4, -0.2) is 26.4 Å². The van der Waals surface area contributed by atoms with Gasteiger partial charge < -0.3 is 9.16 Å². The monoisotopic (exact) mass is 551 g/mol. The normalized spacial score (nSPS) is 13.0. The molecule has 208 valence electrons. The molecule has 0 spiro atoms. The molecule has 0 aliphatic heterocycles. The van der Waals surface area contributed by atoms with Crippen molar-refractivity contribution in [3.05, 3.63) is 108 Å². The fourth-order valence-corrected chi connectivity index (χ4v) is 10.2. The molecule has 0 N–H and O–H groups in total. The third kappa shape index (κ3) is 6.43. The van der Waals surface area contributed by atoms with E-state index in [4.69, 9.17) is 14.1 Å². The van der Waals surface area contributed by atoms with Crippen LogP contribution in [0.2, 0.25) is 5.04 Å². The third-order valence-electron chi connectivity index (χ3n) is 7.52. The first-order valence-electron chi connectivity index (χ1n) is 14.2. The Hall–Kier alpha value is -3.54. The van der Waals surface area contributed by atoms with E-state index in [-0.39, 0.29) is 11.1 Å². The highest BCUT2D eigenvalue weighted by Crippen LogP contribution is 2.42. The quantitative estimate of drug-likeness (QED) is 0.0833. The van der Waals surface area contributed by atoms with Gasteiger partial charge in [0.15, 0.2) is 0 Å². The van der Waals surface area contributed by atoms with Crippen molar-refractivity contribution >= 4 is 41.6 Å². The topological polar surface area (TPSA) is 48.4 Å². The Morgan fingerprint density at radius 1 is 0.875 bits per heavy atom. The van der Waals surface area contributed by atoms with Gasteiger partial charge in [0.2, 0.25) is 0 Å². The van der Waals surface area contributed by atoms with Gasteiger partial charge in [0.05, 0.1) is 24.4 Å². The minimum Gasteiger partial charge on any atom is -0.466 e. The van der Waals surface area contributed by atoms with Crippen molar-refractivity contribution in [2.24, 2.45) is 0 Å². The van der Waals surface area contributed by atoms with E-state index in [0.29, 0.717) is 5.69 Å². The molecule has 1 unspecified atom stereocenters. The maximum atomic E-state index is 11.7. The summed E-state index contributed by atoms with van der Waals surface area (Å²) in [6.45, 7) is 9.19. The van der Waals surface area contributed by atoms with Gasteiger partial charge in [0.1, 0.15) is 0 Å². The van der Waals surface area contributed by atoms with E-state index in [1.165, 1.54) is 23.6 Å². The van der Waals surface area contributed by atoms with E-state index in [0.717, 1.165) is 42.1 Å². The Morgan fingerprint density at radius 3 is 2.10 bits per heavy atom. The molecule has 0 fully saturated rings. The summed E-state index contributed by atoms with van der Waals surface area (Å²) >= 11 is 0. The second-order valence-corrected chi connectivity index (χ2v) is 15.5. The lowest BCUT2D eigenvalue weighted by atomic mass is 10.00. The third-order valence-corrected chi connectivity index (χ3v) is 12.6. The summed E-state index contributed by atoms with van der Waals surface area (Å²) in [6, 6.07) is 32.0. The number of carbonyl (C=O) groups excluding carboxylic acids is 1. The molecule has 0 saturated carbocycles. The first kappa shape index (κ1) is 29.4. The Bertz CT molecular complexity index is 1390. The van der Waals surface area contributed by atoms with Gasteiger partial charge >= 0.3 is 5.97 Å². The molecule has 4 nitrogen and oxygen atoms in total. The molecule has 1 heterocycles. The Kier molecular flexibility index (Phi) is 9.72. The fourth-order valence-electron chi connectivity index (χ4n) is 5.52. The lowest BCUT2D eigenvalue weighted by Crippen LogP contribution is -2.66. The minimum atomic E-state index is -2.79. The zero-order chi connectivity index (χ0) is 28.6. The van der Waals surface area contributed by atoms with Crippen LogP contribution in [0.4, 0.5) is 0 Å². The molecule has 40 heavy (non-hydrogen) atoms. The van der Waals surface area contributed by atoms with Crippen molar-refractivity contribution in [3.63, 3.8) is 0 Å². The van der Waals surface area contributed by atoms with Gasteiger partial charge in [0.25, 0.3) is 8.32 Å². The Morgan fingerprint density at radius 2 is 1.52 bits per heavy atom.